The highest BCUT2D eigenvalue weighted by molar-refractivity contribution is 5.47. The van der Waals surface area contributed by atoms with E-state index in [0.717, 1.165) is 4.57 Å². The monoisotopic (exact) mass is 232 g/mol. The van der Waals surface area contributed by atoms with Gasteiger partial charge in [0.25, 0.3) is 5.69 Å². The molecular weight excluding hydrogens is 224 g/mol. The van der Waals surface area contributed by atoms with E-state index in [4.69, 9.17) is 5.73 Å². The summed E-state index contributed by atoms with van der Waals surface area (Å²) in [5, 5.41) is 10.6. The summed E-state index contributed by atoms with van der Waals surface area (Å²) in [4.78, 5) is 25.2. The van der Waals surface area contributed by atoms with Crippen LogP contribution in [0.5, 0.6) is 0 Å². The van der Waals surface area contributed by atoms with Crippen molar-refractivity contribution in [3.8, 4) is 5.69 Å². The highest BCUT2D eigenvalue weighted by Crippen LogP contribution is 2.16. The first kappa shape index (κ1) is 10.8. The van der Waals surface area contributed by atoms with Gasteiger partial charge in [-0.05, 0) is 12.1 Å². The molecule has 1 heterocycles. The zero-order chi connectivity index (χ0) is 12.4. The van der Waals surface area contributed by atoms with Crippen molar-refractivity contribution in [3.63, 3.8) is 0 Å². The number of nitro groups is 1. The molecule has 0 radical (unpaired) electrons. The Balaban J connectivity index is 2.65. The van der Waals surface area contributed by atoms with Crippen LogP contribution in [0.25, 0.3) is 5.69 Å². The van der Waals surface area contributed by atoms with Gasteiger partial charge in [0.2, 0.25) is 0 Å². The lowest BCUT2D eigenvalue weighted by atomic mass is 10.3. The molecule has 7 heteroatoms. The van der Waals surface area contributed by atoms with Gasteiger partial charge in [0.1, 0.15) is 5.82 Å². The van der Waals surface area contributed by atoms with Gasteiger partial charge in [-0.1, -0.05) is 6.07 Å². The number of nitrogens with two attached hydrogens (primary N) is 1. The first-order chi connectivity index (χ1) is 8.09. The molecule has 0 aliphatic heterocycles. The van der Waals surface area contributed by atoms with Gasteiger partial charge in [0.15, 0.2) is 0 Å². The molecule has 1 aromatic carbocycles. The number of nitro benzene ring substituents is 1. The SMILES string of the molecule is Nc1ccnc(=O)n1-c1cccc([N+](=O)[O-])c1. The van der Waals surface area contributed by atoms with E-state index in [1.54, 1.807) is 6.07 Å². The lowest BCUT2D eigenvalue weighted by Crippen LogP contribution is -2.23. The molecular formula is C10H8N4O3. The molecule has 2 aromatic rings. The Labute approximate surface area is 95.3 Å². The normalized spacial score (nSPS) is 10.1. The van der Waals surface area contributed by atoms with E-state index >= 15 is 0 Å². The first-order valence-corrected chi connectivity index (χ1v) is 4.68. The van der Waals surface area contributed by atoms with Gasteiger partial charge in [-0.3, -0.25) is 10.1 Å². The molecule has 0 saturated carbocycles. The molecule has 0 fully saturated rings. The van der Waals surface area contributed by atoms with Gasteiger partial charge >= 0.3 is 5.69 Å². The lowest BCUT2D eigenvalue weighted by molar-refractivity contribution is -0.384. The molecule has 86 valence electrons. The van der Waals surface area contributed by atoms with Gasteiger partial charge in [-0.25, -0.2) is 14.3 Å². The van der Waals surface area contributed by atoms with Crippen molar-refractivity contribution in [2.45, 2.75) is 0 Å². The largest absolute Gasteiger partial charge is 0.385 e. The third kappa shape index (κ3) is 1.98. The average molecular weight is 232 g/mol. The van der Waals surface area contributed by atoms with Crippen LogP contribution in [0.2, 0.25) is 0 Å². The highest BCUT2D eigenvalue weighted by Gasteiger charge is 2.09. The van der Waals surface area contributed by atoms with Gasteiger partial charge in [-0.2, -0.15) is 0 Å². The molecule has 7 nitrogen and oxygen atoms in total. The second-order valence-corrected chi connectivity index (χ2v) is 3.26. The van der Waals surface area contributed by atoms with E-state index in [-0.39, 0.29) is 11.5 Å². The smallest absolute Gasteiger partial charge is 0.353 e. The maximum atomic E-state index is 11.5. The second kappa shape index (κ2) is 4.05. The number of hydrogen-bond donors (Lipinski definition) is 1. The summed E-state index contributed by atoms with van der Waals surface area (Å²) in [6, 6.07) is 7.07. The molecule has 17 heavy (non-hydrogen) atoms. The molecule has 2 rings (SSSR count). The van der Waals surface area contributed by atoms with Crippen LogP contribution in [0.4, 0.5) is 11.5 Å². The number of nitrogens with zero attached hydrogens (tertiary/aromatic N) is 3. The summed E-state index contributed by atoms with van der Waals surface area (Å²) in [5.74, 6) is 0.172. The Kier molecular flexibility index (Phi) is 2.57. The van der Waals surface area contributed by atoms with Crippen molar-refractivity contribution in [2.24, 2.45) is 0 Å². The van der Waals surface area contributed by atoms with E-state index in [2.05, 4.69) is 4.98 Å². The van der Waals surface area contributed by atoms with E-state index in [1.807, 2.05) is 0 Å². The topological polar surface area (TPSA) is 104 Å². The molecule has 0 aliphatic rings. The fraction of sp³-hybridized carbons (Fsp3) is 0. The molecule has 0 atom stereocenters. The van der Waals surface area contributed by atoms with Crippen LogP contribution in [-0.4, -0.2) is 14.5 Å². The first-order valence-electron chi connectivity index (χ1n) is 4.68. The van der Waals surface area contributed by atoms with E-state index < -0.39 is 10.6 Å². The maximum Gasteiger partial charge on any atom is 0.353 e. The van der Waals surface area contributed by atoms with E-state index in [9.17, 15) is 14.9 Å². The Bertz CT molecular complexity index is 635. The van der Waals surface area contributed by atoms with Crippen LogP contribution in [-0.2, 0) is 0 Å². The predicted octanol–water partition coefficient (Wildman–Crippen LogP) is 0.723. The van der Waals surface area contributed by atoms with Crippen LogP contribution in [0.3, 0.4) is 0 Å². The van der Waals surface area contributed by atoms with E-state index in [1.165, 1.54) is 30.5 Å². The number of non-ortho nitro benzene ring substituents is 1. The summed E-state index contributed by atoms with van der Waals surface area (Å²) in [6.45, 7) is 0. The van der Waals surface area contributed by atoms with Crippen LogP contribution in [0, 0.1) is 10.1 Å². The predicted molar refractivity (Wildman–Crippen MR) is 60.9 cm³/mol. The van der Waals surface area contributed by atoms with Crippen molar-refractivity contribution < 1.29 is 4.92 Å². The summed E-state index contributed by atoms with van der Waals surface area (Å²) in [7, 11) is 0. The zero-order valence-electron chi connectivity index (χ0n) is 8.61. The van der Waals surface area contributed by atoms with Crippen LogP contribution < -0.4 is 11.4 Å². The molecule has 0 aliphatic carbocycles. The van der Waals surface area contributed by atoms with Crippen LogP contribution in [0.1, 0.15) is 0 Å². The van der Waals surface area contributed by atoms with Crippen LogP contribution in [0.15, 0.2) is 41.3 Å². The molecule has 0 bridgehead atoms. The Hall–Kier alpha value is -2.70. The van der Waals surface area contributed by atoms with Gasteiger partial charge in [0, 0.05) is 18.3 Å². The lowest BCUT2D eigenvalue weighted by Gasteiger charge is -2.07. The number of rotatable bonds is 2. The van der Waals surface area contributed by atoms with Gasteiger partial charge in [0.05, 0.1) is 10.6 Å². The molecule has 1 aromatic heterocycles. The molecule has 0 saturated heterocycles. The summed E-state index contributed by atoms with van der Waals surface area (Å²) in [6.07, 6.45) is 1.28. The molecule has 2 N–H and O–H groups in total. The fourth-order valence-electron chi connectivity index (χ4n) is 1.43. The number of hydrogen-bond acceptors (Lipinski definition) is 5. The quantitative estimate of drug-likeness (QED) is 0.606. The zero-order valence-corrected chi connectivity index (χ0v) is 8.61. The average Bonchev–Trinajstić information content (AvgIpc) is 2.29. The van der Waals surface area contributed by atoms with E-state index in [0.29, 0.717) is 5.69 Å². The highest BCUT2D eigenvalue weighted by atomic mass is 16.6. The van der Waals surface area contributed by atoms with Gasteiger partial charge < -0.3 is 5.73 Å². The summed E-state index contributed by atoms with van der Waals surface area (Å²) < 4.78 is 1.10. The number of anilines is 1. The van der Waals surface area contributed by atoms with Crippen molar-refractivity contribution in [1.29, 1.82) is 0 Å². The third-order valence-electron chi connectivity index (χ3n) is 2.18. The summed E-state index contributed by atoms with van der Waals surface area (Å²) >= 11 is 0. The minimum Gasteiger partial charge on any atom is -0.385 e. The Morgan fingerprint density at radius 3 is 2.76 bits per heavy atom. The van der Waals surface area contributed by atoms with Crippen molar-refractivity contribution in [1.82, 2.24) is 9.55 Å². The summed E-state index contributed by atoms with van der Waals surface area (Å²) in [5.41, 5.74) is 5.26. The standard InChI is InChI=1S/C10H8N4O3/c11-9-4-5-12-10(15)13(9)7-2-1-3-8(6-7)14(16)17/h1-6H,11H2. The number of nitrogen functional groups attached to an aromatic ring is 1. The van der Waals surface area contributed by atoms with Crippen molar-refractivity contribution >= 4 is 11.5 Å². The van der Waals surface area contributed by atoms with Crippen LogP contribution >= 0.6 is 0 Å². The fourth-order valence-corrected chi connectivity index (χ4v) is 1.43. The van der Waals surface area contributed by atoms with Crippen molar-refractivity contribution in [2.75, 3.05) is 5.73 Å². The second-order valence-electron chi connectivity index (χ2n) is 3.26. The van der Waals surface area contributed by atoms with Gasteiger partial charge in [-0.15, -0.1) is 0 Å². The molecule has 0 unspecified atom stereocenters. The molecule has 0 spiro atoms. The number of aromatic nitrogens is 2. The Morgan fingerprint density at radius 1 is 1.35 bits per heavy atom. The maximum absolute atomic E-state index is 11.5. The molecule has 0 amide bonds. The Morgan fingerprint density at radius 2 is 2.12 bits per heavy atom. The van der Waals surface area contributed by atoms with Crippen molar-refractivity contribution in [3.05, 3.63) is 57.1 Å². The number of benzene rings is 1. The minimum atomic E-state index is -0.578. The minimum absolute atomic E-state index is 0.113. The third-order valence-corrected chi connectivity index (χ3v) is 2.18.